The number of aryl methyl sites for hydroxylation is 1. The second-order valence-corrected chi connectivity index (χ2v) is 6.81. The molecule has 2 N–H and O–H groups in total. The molecule has 0 saturated carbocycles. The van der Waals surface area contributed by atoms with Crippen molar-refractivity contribution in [2.24, 2.45) is 0 Å². The first-order valence-corrected chi connectivity index (χ1v) is 8.82. The van der Waals surface area contributed by atoms with E-state index in [1.54, 1.807) is 19.0 Å². The molecule has 2 rings (SSSR count). The Morgan fingerprint density at radius 1 is 1.04 bits per heavy atom. The fraction of sp³-hybridized carbons (Fsp3) is 0.263. The Balaban J connectivity index is 1.83. The predicted octanol–water partition coefficient (Wildman–Crippen LogP) is 3.52. The van der Waals surface area contributed by atoms with Crippen LogP contribution in [0.15, 0.2) is 53.0 Å². The second-order valence-electron chi connectivity index (χ2n) is 5.90. The van der Waals surface area contributed by atoms with E-state index in [0.29, 0.717) is 12.8 Å². The molecule has 0 aliphatic heterocycles. The van der Waals surface area contributed by atoms with Gasteiger partial charge < -0.3 is 15.5 Å². The third kappa shape index (κ3) is 6.58. The van der Waals surface area contributed by atoms with Gasteiger partial charge in [-0.25, -0.2) is 0 Å². The molecule has 0 spiro atoms. The number of benzene rings is 2. The summed E-state index contributed by atoms with van der Waals surface area (Å²) < 4.78 is 0.966. The van der Waals surface area contributed by atoms with E-state index in [1.807, 2.05) is 48.5 Å². The third-order valence-electron chi connectivity index (χ3n) is 3.63. The highest BCUT2D eigenvalue weighted by molar-refractivity contribution is 9.10. The zero-order valence-corrected chi connectivity index (χ0v) is 16.0. The van der Waals surface area contributed by atoms with Crippen molar-refractivity contribution < 1.29 is 9.59 Å². The molecule has 0 unspecified atom stereocenters. The van der Waals surface area contributed by atoms with Crippen molar-refractivity contribution in [1.82, 2.24) is 4.90 Å². The number of halogens is 1. The number of nitrogens with one attached hydrogen (secondary N) is 2. The first kappa shape index (κ1) is 19.0. The van der Waals surface area contributed by atoms with Crippen molar-refractivity contribution in [2.75, 3.05) is 31.3 Å². The van der Waals surface area contributed by atoms with Gasteiger partial charge in [0.25, 0.3) is 0 Å². The molecule has 0 heterocycles. The third-order valence-corrected chi connectivity index (χ3v) is 4.16. The molecule has 5 nitrogen and oxygen atoms in total. The first-order valence-electron chi connectivity index (χ1n) is 8.02. The molecular formula is C19H22BrN3O2. The van der Waals surface area contributed by atoms with Crippen LogP contribution in [0.1, 0.15) is 12.0 Å². The number of rotatable bonds is 7. The lowest BCUT2D eigenvalue weighted by molar-refractivity contribution is -0.128. The number of carbonyl (C=O) groups is 2. The summed E-state index contributed by atoms with van der Waals surface area (Å²) in [4.78, 5) is 25.3. The van der Waals surface area contributed by atoms with Gasteiger partial charge >= 0.3 is 0 Å². The molecule has 6 heteroatoms. The molecule has 0 radical (unpaired) electrons. The fourth-order valence-electron chi connectivity index (χ4n) is 2.23. The highest BCUT2D eigenvalue weighted by Gasteiger charge is 2.06. The average molecular weight is 404 g/mol. The predicted molar refractivity (Wildman–Crippen MR) is 105 cm³/mol. The lowest BCUT2D eigenvalue weighted by Crippen LogP contribution is -2.22. The Bertz CT molecular complexity index is 730. The van der Waals surface area contributed by atoms with Crippen molar-refractivity contribution in [2.45, 2.75) is 12.8 Å². The van der Waals surface area contributed by atoms with Gasteiger partial charge in [-0.3, -0.25) is 9.59 Å². The van der Waals surface area contributed by atoms with Crippen molar-refractivity contribution in [3.05, 3.63) is 58.6 Å². The molecule has 0 aliphatic rings. The summed E-state index contributed by atoms with van der Waals surface area (Å²) in [7, 11) is 3.51. The summed E-state index contributed by atoms with van der Waals surface area (Å²) in [6, 6.07) is 15.2. The summed E-state index contributed by atoms with van der Waals surface area (Å²) in [5.74, 6) is -0.0113. The monoisotopic (exact) mass is 403 g/mol. The van der Waals surface area contributed by atoms with Crippen LogP contribution in [-0.2, 0) is 16.0 Å². The molecular weight excluding hydrogens is 382 g/mol. The van der Waals surface area contributed by atoms with E-state index in [0.717, 1.165) is 21.4 Å². The molecule has 0 aromatic heterocycles. The van der Waals surface area contributed by atoms with Crippen molar-refractivity contribution >= 4 is 39.1 Å². The summed E-state index contributed by atoms with van der Waals surface area (Å²) >= 11 is 3.36. The van der Waals surface area contributed by atoms with Gasteiger partial charge in [0.05, 0.1) is 6.54 Å². The molecule has 0 fully saturated rings. The van der Waals surface area contributed by atoms with E-state index in [9.17, 15) is 9.59 Å². The maximum atomic E-state index is 12.0. The molecule has 0 aliphatic carbocycles. The normalized spacial score (nSPS) is 10.2. The van der Waals surface area contributed by atoms with E-state index in [-0.39, 0.29) is 18.4 Å². The van der Waals surface area contributed by atoms with Crippen LogP contribution >= 0.6 is 15.9 Å². The van der Waals surface area contributed by atoms with Crippen LogP contribution in [-0.4, -0.2) is 37.4 Å². The van der Waals surface area contributed by atoms with Gasteiger partial charge in [-0.1, -0.05) is 28.1 Å². The Labute approximate surface area is 156 Å². The Hall–Kier alpha value is -2.34. The van der Waals surface area contributed by atoms with Crippen molar-refractivity contribution in [3.8, 4) is 0 Å². The largest absolute Gasteiger partial charge is 0.376 e. The Morgan fingerprint density at radius 3 is 2.44 bits per heavy atom. The van der Waals surface area contributed by atoms with Gasteiger partial charge in [0.2, 0.25) is 11.8 Å². The quantitative estimate of drug-likeness (QED) is 0.743. The minimum absolute atomic E-state index is 0.104. The van der Waals surface area contributed by atoms with Gasteiger partial charge in [0.1, 0.15) is 0 Å². The molecule has 0 bridgehead atoms. The van der Waals surface area contributed by atoms with Crippen LogP contribution in [0.4, 0.5) is 11.4 Å². The first-order chi connectivity index (χ1) is 11.9. The van der Waals surface area contributed by atoms with E-state index < -0.39 is 0 Å². The van der Waals surface area contributed by atoms with Crippen LogP contribution < -0.4 is 10.6 Å². The lowest BCUT2D eigenvalue weighted by atomic mass is 10.1. The van der Waals surface area contributed by atoms with E-state index in [2.05, 4.69) is 26.6 Å². The van der Waals surface area contributed by atoms with Crippen LogP contribution in [0, 0.1) is 0 Å². The second kappa shape index (κ2) is 9.22. The summed E-state index contributed by atoms with van der Waals surface area (Å²) in [6.07, 6.45) is 1.15. The highest BCUT2D eigenvalue weighted by Crippen LogP contribution is 2.15. The topological polar surface area (TPSA) is 61.4 Å². The van der Waals surface area contributed by atoms with Gasteiger partial charge in [-0.15, -0.1) is 0 Å². The number of carbonyl (C=O) groups excluding carboxylic acids is 2. The standard InChI is InChI=1S/C19H22BrN3O2/c1-23(2)19(25)11-6-14-4-3-5-17(12-14)21-13-18(24)22-16-9-7-15(20)8-10-16/h3-5,7-10,12,21H,6,11,13H2,1-2H3,(H,22,24). The van der Waals surface area contributed by atoms with Gasteiger partial charge in [0.15, 0.2) is 0 Å². The number of hydrogen-bond acceptors (Lipinski definition) is 3. The maximum Gasteiger partial charge on any atom is 0.243 e. The smallest absolute Gasteiger partial charge is 0.243 e. The van der Waals surface area contributed by atoms with E-state index in [1.165, 1.54) is 0 Å². The average Bonchev–Trinajstić information content (AvgIpc) is 2.60. The Kier molecular flexibility index (Phi) is 7.01. The van der Waals surface area contributed by atoms with Crippen molar-refractivity contribution in [3.63, 3.8) is 0 Å². The number of amides is 2. The van der Waals surface area contributed by atoms with E-state index in [4.69, 9.17) is 0 Å². The summed E-state index contributed by atoms with van der Waals surface area (Å²) in [5, 5.41) is 5.94. The van der Waals surface area contributed by atoms with Gasteiger partial charge in [-0.05, 0) is 48.4 Å². The van der Waals surface area contributed by atoms with Gasteiger partial charge in [0, 0.05) is 36.4 Å². The Morgan fingerprint density at radius 2 is 1.76 bits per heavy atom. The maximum absolute atomic E-state index is 12.0. The number of anilines is 2. The zero-order valence-electron chi connectivity index (χ0n) is 14.4. The summed E-state index contributed by atoms with van der Waals surface area (Å²) in [5.41, 5.74) is 2.68. The summed E-state index contributed by atoms with van der Waals surface area (Å²) in [6.45, 7) is 0.177. The van der Waals surface area contributed by atoms with Crippen LogP contribution in [0.5, 0.6) is 0 Å². The molecule has 25 heavy (non-hydrogen) atoms. The fourth-order valence-corrected chi connectivity index (χ4v) is 2.50. The molecule has 2 aromatic carbocycles. The van der Waals surface area contributed by atoms with Crippen LogP contribution in [0.25, 0.3) is 0 Å². The van der Waals surface area contributed by atoms with Crippen LogP contribution in [0.3, 0.4) is 0 Å². The molecule has 2 aromatic rings. The van der Waals surface area contributed by atoms with E-state index >= 15 is 0 Å². The molecule has 0 atom stereocenters. The SMILES string of the molecule is CN(C)C(=O)CCc1cccc(NCC(=O)Nc2ccc(Br)cc2)c1. The number of hydrogen-bond donors (Lipinski definition) is 2. The molecule has 132 valence electrons. The van der Waals surface area contributed by atoms with Crippen LogP contribution in [0.2, 0.25) is 0 Å². The van der Waals surface area contributed by atoms with Gasteiger partial charge in [-0.2, -0.15) is 0 Å². The van der Waals surface area contributed by atoms with Crippen molar-refractivity contribution in [1.29, 1.82) is 0 Å². The minimum Gasteiger partial charge on any atom is -0.376 e. The number of nitrogens with zero attached hydrogens (tertiary/aromatic N) is 1. The molecule has 0 saturated heterocycles. The highest BCUT2D eigenvalue weighted by atomic mass is 79.9. The minimum atomic E-state index is -0.115. The zero-order chi connectivity index (χ0) is 18.2. The molecule has 2 amide bonds. The lowest BCUT2D eigenvalue weighted by Gasteiger charge is -2.11.